The van der Waals surface area contributed by atoms with E-state index in [1.807, 2.05) is 48.5 Å². The Hall–Kier alpha value is -6.28. The summed E-state index contributed by atoms with van der Waals surface area (Å²) in [5.74, 6) is -2.07. The van der Waals surface area contributed by atoms with E-state index in [1.54, 1.807) is 73.3 Å². The van der Waals surface area contributed by atoms with E-state index >= 15 is 0 Å². The fourth-order valence-electron chi connectivity index (χ4n) is 6.04. The summed E-state index contributed by atoms with van der Waals surface area (Å²) in [5.41, 5.74) is 5.63. The van der Waals surface area contributed by atoms with Crippen LogP contribution in [0.4, 0.5) is 11.4 Å². The molecule has 0 radical (unpaired) electrons. The average Bonchev–Trinajstić information content (AvgIpc) is 3.08. The van der Waals surface area contributed by atoms with Gasteiger partial charge in [0.15, 0.2) is 0 Å². The number of aromatic nitrogens is 2. The van der Waals surface area contributed by atoms with Crippen LogP contribution >= 0.6 is 0 Å². The number of carbonyl (C=O) groups is 4. The first-order valence-electron chi connectivity index (χ1n) is 13.9. The van der Waals surface area contributed by atoms with E-state index in [4.69, 9.17) is 0 Å². The van der Waals surface area contributed by atoms with Gasteiger partial charge in [-0.25, -0.2) is 9.80 Å². The number of imide groups is 2. The van der Waals surface area contributed by atoms with Crippen molar-refractivity contribution >= 4 is 45.8 Å². The number of amides is 4. The van der Waals surface area contributed by atoms with Crippen LogP contribution in [0.2, 0.25) is 0 Å². The molecule has 0 saturated heterocycles. The van der Waals surface area contributed by atoms with Gasteiger partial charge in [-0.15, -0.1) is 0 Å². The van der Waals surface area contributed by atoms with Crippen LogP contribution in [0.5, 0.6) is 0 Å². The van der Waals surface area contributed by atoms with Crippen LogP contribution in [-0.4, -0.2) is 33.6 Å². The summed E-state index contributed by atoms with van der Waals surface area (Å²) in [6.07, 6.45) is 6.79. The maximum Gasteiger partial charge on any atom is 0.265 e. The van der Waals surface area contributed by atoms with Gasteiger partial charge in [-0.2, -0.15) is 0 Å². The predicted octanol–water partition coefficient (Wildman–Crippen LogP) is 6.57. The molecule has 0 N–H and O–H groups in total. The van der Waals surface area contributed by atoms with Crippen LogP contribution in [0.25, 0.3) is 33.0 Å². The number of carbonyl (C=O) groups excluding carboxylic acids is 4. The van der Waals surface area contributed by atoms with Gasteiger partial charge in [0.25, 0.3) is 23.6 Å². The molecule has 0 aliphatic carbocycles. The third-order valence-corrected chi connectivity index (χ3v) is 8.17. The molecule has 2 aromatic heterocycles. The van der Waals surface area contributed by atoms with Crippen molar-refractivity contribution in [2.75, 3.05) is 9.80 Å². The lowest BCUT2D eigenvalue weighted by atomic mass is 9.85. The van der Waals surface area contributed by atoms with Crippen molar-refractivity contribution in [3.63, 3.8) is 0 Å². The molecule has 0 atom stereocenters. The van der Waals surface area contributed by atoms with Gasteiger partial charge in [-0.05, 0) is 95.1 Å². The molecule has 0 unspecified atom stereocenters. The Morgan fingerprint density at radius 3 is 0.909 bits per heavy atom. The number of hydrogen-bond donors (Lipinski definition) is 0. The number of pyridine rings is 2. The molecule has 0 bridgehead atoms. The maximum absolute atomic E-state index is 13.8. The second kappa shape index (κ2) is 9.64. The standard InChI is InChI=1S/C36H20N4O4/c41-33-27-9-11-29-32-30(36(44)40(35(29)43)26-7-3-22(4-8-26)24-15-19-38-20-16-24)12-10-28(31(27)32)34(42)39(33)25-5-1-21(2-6-25)23-13-17-37-18-14-23/h1-20H. The summed E-state index contributed by atoms with van der Waals surface area (Å²) < 4.78 is 0. The van der Waals surface area contributed by atoms with Crippen molar-refractivity contribution in [1.82, 2.24) is 9.97 Å². The summed E-state index contributed by atoms with van der Waals surface area (Å²) >= 11 is 0. The third-order valence-electron chi connectivity index (χ3n) is 8.17. The molecule has 0 spiro atoms. The van der Waals surface area contributed by atoms with Crippen LogP contribution in [0.15, 0.2) is 122 Å². The van der Waals surface area contributed by atoms with Gasteiger partial charge in [0.2, 0.25) is 0 Å². The van der Waals surface area contributed by atoms with Crippen LogP contribution < -0.4 is 9.80 Å². The number of anilines is 2. The zero-order valence-electron chi connectivity index (χ0n) is 23.0. The number of benzene rings is 4. The zero-order valence-corrected chi connectivity index (χ0v) is 23.0. The van der Waals surface area contributed by atoms with Crippen molar-refractivity contribution in [3.8, 4) is 22.3 Å². The lowest BCUT2D eigenvalue weighted by molar-refractivity contribution is 0.0873. The molecule has 208 valence electrons. The van der Waals surface area contributed by atoms with Crippen molar-refractivity contribution in [1.29, 1.82) is 0 Å². The van der Waals surface area contributed by atoms with Crippen molar-refractivity contribution in [2.45, 2.75) is 0 Å². The summed E-state index contributed by atoms with van der Waals surface area (Å²) in [5, 5.41) is 0.656. The van der Waals surface area contributed by atoms with Gasteiger partial charge < -0.3 is 0 Å². The Kier molecular flexibility index (Phi) is 5.57. The smallest absolute Gasteiger partial charge is 0.265 e. The molecular formula is C36H20N4O4. The van der Waals surface area contributed by atoms with Gasteiger partial charge in [-0.3, -0.25) is 29.1 Å². The molecule has 6 aromatic rings. The van der Waals surface area contributed by atoms with Crippen molar-refractivity contribution < 1.29 is 19.2 Å². The van der Waals surface area contributed by atoms with E-state index in [0.717, 1.165) is 32.1 Å². The second-order valence-electron chi connectivity index (χ2n) is 10.5. The lowest BCUT2D eigenvalue weighted by Crippen LogP contribution is -2.43. The van der Waals surface area contributed by atoms with E-state index in [-0.39, 0.29) is 22.3 Å². The first-order valence-corrected chi connectivity index (χ1v) is 13.9. The van der Waals surface area contributed by atoms with Gasteiger partial charge in [0.1, 0.15) is 0 Å². The highest BCUT2D eigenvalue weighted by Gasteiger charge is 2.40. The van der Waals surface area contributed by atoms with E-state index < -0.39 is 23.6 Å². The van der Waals surface area contributed by atoms with Crippen LogP contribution in [0.3, 0.4) is 0 Å². The third kappa shape index (κ3) is 3.71. The van der Waals surface area contributed by atoms with Crippen LogP contribution in [-0.2, 0) is 0 Å². The van der Waals surface area contributed by atoms with Gasteiger partial charge in [0.05, 0.1) is 11.4 Å². The fraction of sp³-hybridized carbons (Fsp3) is 0. The molecular weight excluding hydrogens is 552 g/mol. The van der Waals surface area contributed by atoms with E-state index in [9.17, 15) is 19.2 Å². The van der Waals surface area contributed by atoms with E-state index in [1.165, 1.54) is 0 Å². The Morgan fingerprint density at radius 2 is 0.614 bits per heavy atom. The van der Waals surface area contributed by atoms with E-state index in [2.05, 4.69) is 9.97 Å². The Labute approximate surface area is 250 Å². The number of hydrogen-bond acceptors (Lipinski definition) is 6. The monoisotopic (exact) mass is 572 g/mol. The maximum atomic E-state index is 13.8. The molecule has 0 fully saturated rings. The quantitative estimate of drug-likeness (QED) is 0.222. The second-order valence-corrected chi connectivity index (χ2v) is 10.5. The normalized spacial score (nSPS) is 14.0. The molecule has 4 aromatic carbocycles. The SMILES string of the molecule is O=C1c2ccc3c4c(ccc(c24)C(=O)N1c1ccc(-c2ccncc2)cc1)C(=O)N(c1ccc(-c2ccncc2)cc1)C3=O. The molecule has 2 aliphatic rings. The number of rotatable bonds is 4. The topological polar surface area (TPSA) is 101 Å². The highest BCUT2D eigenvalue weighted by atomic mass is 16.2. The highest BCUT2D eigenvalue weighted by molar-refractivity contribution is 6.42. The fourth-order valence-corrected chi connectivity index (χ4v) is 6.04. The minimum atomic E-state index is -0.517. The minimum absolute atomic E-state index is 0.258. The molecule has 8 heteroatoms. The zero-order chi connectivity index (χ0) is 29.9. The Balaban J connectivity index is 1.17. The van der Waals surface area contributed by atoms with Gasteiger partial charge in [-0.1, -0.05) is 24.3 Å². The summed E-state index contributed by atoms with van der Waals surface area (Å²) in [6.45, 7) is 0. The predicted molar refractivity (Wildman–Crippen MR) is 166 cm³/mol. The Morgan fingerprint density at radius 1 is 0.341 bits per heavy atom. The number of nitrogens with zero attached hydrogens (tertiary/aromatic N) is 4. The Bertz CT molecular complexity index is 1950. The van der Waals surface area contributed by atoms with Crippen LogP contribution in [0, 0.1) is 0 Å². The molecule has 4 amide bonds. The minimum Gasteiger partial charge on any atom is -0.268 e. The average molecular weight is 573 g/mol. The summed E-state index contributed by atoms with van der Waals surface area (Å²) in [4.78, 5) is 65.6. The van der Waals surface area contributed by atoms with Gasteiger partial charge in [0, 0.05) is 57.8 Å². The molecule has 2 aliphatic heterocycles. The first-order chi connectivity index (χ1) is 21.5. The van der Waals surface area contributed by atoms with E-state index in [0.29, 0.717) is 22.1 Å². The van der Waals surface area contributed by atoms with Crippen LogP contribution in [0.1, 0.15) is 41.4 Å². The molecule has 8 nitrogen and oxygen atoms in total. The summed E-state index contributed by atoms with van der Waals surface area (Å²) in [7, 11) is 0. The largest absolute Gasteiger partial charge is 0.268 e. The molecule has 0 saturated carbocycles. The molecule has 4 heterocycles. The first kappa shape index (κ1) is 25.4. The highest BCUT2D eigenvalue weighted by Crippen LogP contribution is 2.40. The summed E-state index contributed by atoms with van der Waals surface area (Å²) in [6, 6.07) is 28.1. The molecule has 44 heavy (non-hydrogen) atoms. The van der Waals surface area contributed by atoms with Crippen molar-refractivity contribution in [2.24, 2.45) is 0 Å². The van der Waals surface area contributed by atoms with Crippen molar-refractivity contribution in [3.05, 3.63) is 144 Å². The van der Waals surface area contributed by atoms with Gasteiger partial charge >= 0.3 is 0 Å². The lowest BCUT2D eigenvalue weighted by Gasteiger charge is -2.32. The molecule has 8 rings (SSSR count).